The van der Waals surface area contributed by atoms with Gasteiger partial charge in [0.15, 0.2) is 0 Å². The highest BCUT2D eigenvalue weighted by Gasteiger charge is 2.25. The molecule has 1 fully saturated rings. The highest BCUT2D eigenvalue weighted by Crippen LogP contribution is 2.25. The van der Waals surface area contributed by atoms with Crippen molar-refractivity contribution in [1.29, 1.82) is 0 Å². The number of nitrogens with zero attached hydrogens (tertiary/aromatic N) is 2. The summed E-state index contributed by atoms with van der Waals surface area (Å²) in [5.74, 6) is -0.422. The number of amides is 1. The second-order valence-corrected chi connectivity index (χ2v) is 5.13. The molecule has 0 bridgehead atoms. The Bertz CT molecular complexity index is 475. The van der Waals surface area contributed by atoms with E-state index in [-0.39, 0.29) is 0 Å². The zero-order valence-electron chi connectivity index (χ0n) is 11.6. The molecule has 1 atom stereocenters. The van der Waals surface area contributed by atoms with Crippen LogP contribution < -0.4 is 16.4 Å². The minimum atomic E-state index is -0.422. The van der Waals surface area contributed by atoms with E-state index < -0.39 is 5.91 Å². The fourth-order valence-corrected chi connectivity index (χ4v) is 2.63. The molecule has 104 valence electrons. The van der Waals surface area contributed by atoms with Crippen molar-refractivity contribution in [3.05, 3.63) is 23.8 Å². The Hall–Kier alpha value is -1.75. The third-order valence-electron chi connectivity index (χ3n) is 3.88. The van der Waals surface area contributed by atoms with Gasteiger partial charge in [-0.25, -0.2) is 0 Å². The monoisotopic (exact) mass is 262 g/mol. The number of benzene rings is 1. The van der Waals surface area contributed by atoms with E-state index in [0.717, 1.165) is 31.7 Å². The Morgan fingerprint density at radius 3 is 2.79 bits per heavy atom. The van der Waals surface area contributed by atoms with Crippen LogP contribution in [-0.4, -0.2) is 43.5 Å². The molecule has 1 heterocycles. The molecule has 0 spiro atoms. The molecule has 1 aromatic carbocycles. The molecule has 0 radical (unpaired) electrons. The lowest BCUT2D eigenvalue weighted by Crippen LogP contribution is -2.51. The lowest BCUT2D eigenvalue weighted by molar-refractivity contribution is 0.100. The molecule has 2 rings (SSSR count). The van der Waals surface area contributed by atoms with Crippen molar-refractivity contribution in [1.82, 2.24) is 4.90 Å². The van der Waals surface area contributed by atoms with Gasteiger partial charge in [-0.2, -0.15) is 0 Å². The maximum atomic E-state index is 11.6. The van der Waals surface area contributed by atoms with Crippen LogP contribution in [0.4, 0.5) is 11.4 Å². The number of carbonyl (C=O) groups excluding carboxylic acids is 1. The van der Waals surface area contributed by atoms with Crippen molar-refractivity contribution >= 4 is 17.3 Å². The number of primary amides is 1. The molecule has 1 aliphatic heterocycles. The average molecular weight is 262 g/mol. The maximum Gasteiger partial charge on any atom is 0.250 e. The Labute approximate surface area is 114 Å². The third-order valence-corrected chi connectivity index (χ3v) is 3.88. The van der Waals surface area contributed by atoms with Gasteiger partial charge >= 0.3 is 0 Å². The number of nitrogen functional groups attached to an aromatic ring is 1. The number of piperazine rings is 1. The summed E-state index contributed by atoms with van der Waals surface area (Å²) < 4.78 is 0. The minimum Gasteiger partial charge on any atom is -0.399 e. The van der Waals surface area contributed by atoms with Crippen LogP contribution in [-0.2, 0) is 0 Å². The fraction of sp³-hybridized carbons (Fsp3) is 0.500. The highest BCUT2D eigenvalue weighted by molar-refractivity contribution is 5.99. The zero-order valence-corrected chi connectivity index (χ0v) is 11.6. The molecule has 19 heavy (non-hydrogen) atoms. The van der Waals surface area contributed by atoms with Gasteiger partial charge in [0, 0.05) is 37.1 Å². The SMILES string of the molecule is CCC1CN(c2ccc(N)cc2C(N)=O)CCN1C. The molecule has 1 aromatic rings. The van der Waals surface area contributed by atoms with Gasteiger partial charge in [-0.3, -0.25) is 9.69 Å². The Balaban J connectivity index is 2.29. The number of carbonyl (C=O) groups is 1. The number of nitrogens with two attached hydrogens (primary N) is 2. The van der Waals surface area contributed by atoms with Gasteiger partial charge in [-0.05, 0) is 31.7 Å². The summed E-state index contributed by atoms with van der Waals surface area (Å²) in [6.45, 7) is 4.98. The van der Waals surface area contributed by atoms with Crippen LogP contribution in [0.2, 0.25) is 0 Å². The van der Waals surface area contributed by atoms with Gasteiger partial charge in [0.05, 0.1) is 5.56 Å². The van der Waals surface area contributed by atoms with Gasteiger partial charge in [-0.1, -0.05) is 6.92 Å². The normalized spacial score (nSPS) is 20.5. The van der Waals surface area contributed by atoms with Crippen molar-refractivity contribution in [3.8, 4) is 0 Å². The Morgan fingerprint density at radius 1 is 1.42 bits per heavy atom. The summed E-state index contributed by atoms with van der Waals surface area (Å²) >= 11 is 0. The lowest BCUT2D eigenvalue weighted by atomic mass is 10.1. The summed E-state index contributed by atoms with van der Waals surface area (Å²) in [5, 5.41) is 0. The van der Waals surface area contributed by atoms with E-state index in [2.05, 4.69) is 23.8 Å². The predicted octanol–water partition coefficient (Wildman–Crippen LogP) is 0.898. The first kappa shape index (κ1) is 13.7. The van der Waals surface area contributed by atoms with Crippen LogP contribution in [0.1, 0.15) is 23.7 Å². The number of hydrogen-bond acceptors (Lipinski definition) is 4. The van der Waals surface area contributed by atoms with Crippen molar-refractivity contribution < 1.29 is 4.79 Å². The molecule has 4 N–H and O–H groups in total. The quantitative estimate of drug-likeness (QED) is 0.794. The molecule has 1 amide bonds. The van der Waals surface area contributed by atoms with Crippen LogP contribution in [0, 0.1) is 0 Å². The molecule has 5 nitrogen and oxygen atoms in total. The van der Waals surface area contributed by atoms with E-state index in [1.54, 1.807) is 6.07 Å². The van der Waals surface area contributed by atoms with Gasteiger partial charge < -0.3 is 16.4 Å². The standard InChI is InChI=1S/C14H22N4O/c1-3-11-9-18(7-6-17(11)2)13-5-4-10(15)8-12(13)14(16)19/h4-5,8,11H,3,6-7,9,15H2,1-2H3,(H2,16,19). The first-order valence-electron chi connectivity index (χ1n) is 6.67. The Kier molecular flexibility index (Phi) is 3.95. The molecule has 5 heteroatoms. The summed E-state index contributed by atoms with van der Waals surface area (Å²) in [6, 6.07) is 5.89. The van der Waals surface area contributed by atoms with Crippen molar-refractivity contribution in [2.75, 3.05) is 37.3 Å². The number of likely N-dealkylation sites (N-methyl/N-ethyl adjacent to an activating group) is 1. The molecule has 0 aliphatic carbocycles. The number of rotatable bonds is 3. The molecular formula is C14H22N4O. The molecular weight excluding hydrogens is 240 g/mol. The summed E-state index contributed by atoms with van der Waals surface area (Å²) in [7, 11) is 2.14. The molecule has 0 aromatic heterocycles. The topological polar surface area (TPSA) is 75.6 Å². The van der Waals surface area contributed by atoms with Gasteiger partial charge in [0.2, 0.25) is 0 Å². The minimum absolute atomic E-state index is 0.422. The maximum absolute atomic E-state index is 11.6. The average Bonchev–Trinajstić information content (AvgIpc) is 2.39. The van der Waals surface area contributed by atoms with Crippen LogP contribution in [0.5, 0.6) is 0 Å². The van der Waals surface area contributed by atoms with Crippen LogP contribution in [0.3, 0.4) is 0 Å². The third kappa shape index (κ3) is 2.81. The van der Waals surface area contributed by atoms with Crippen molar-refractivity contribution in [2.24, 2.45) is 5.73 Å². The molecule has 0 saturated carbocycles. The first-order valence-corrected chi connectivity index (χ1v) is 6.67. The van der Waals surface area contributed by atoms with Gasteiger partial charge in [0.25, 0.3) is 5.91 Å². The summed E-state index contributed by atoms with van der Waals surface area (Å²) in [4.78, 5) is 16.2. The van der Waals surface area contributed by atoms with Crippen molar-refractivity contribution in [3.63, 3.8) is 0 Å². The Morgan fingerprint density at radius 2 is 2.16 bits per heavy atom. The van der Waals surface area contributed by atoms with Gasteiger partial charge in [0.1, 0.15) is 0 Å². The van der Waals surface area contributed by atoms with Crippen LogP contribution in [0.15, 0.2) is 18.2 Å². The number of anilines is 2. The summed E-state index contributed by atoms with van der Waals surface area (Å²) in [6.07, 6.45) is 1.09. The molecule has 1 unspecified atom stereocenters. The van der Waals surface area contributed by atoms with Crippen LogP contribution >= 0.6 is 0 Å². The van der Waals surface area contributed by atoms with E-state index in [1.807, 2.05) is 12.1 Å². The van der Waals surface area contributed by atoms with Gasteiger partial charge in [-0.15, -0.1) is 0 Å². The van der Waals surface area contributed by atoms with E-state index in [1.165, 1.54) is 0 Å². The van der Waals surface area contributed by atoms with E-state index >= 15 is 0 Å². The number of hydrogen-bond donors (Lipinski definition) is 2. The molecule has 1 saturated heterocycles. The second-order valence-electron chi connectivity index (χ2n) is 5.13. The largest absolute Gasteiger partial charge is 0.399 e. The fourth-order valence-electron chi connectivity index (χ4n) is 2.63. The van der Waals surface area contributed by atoms with Crippen LogP contribution in [0.25, 0.3) is 0 Å². The zero-order chi connectivity index (χ0) is 14.0. The molecule has 1 aliphatic rings. The lowest BCUT2D eigenvalue weighted by Gasteiger charge is -2.40. The first-order chi connectivity index (χ1) is 9.02. The van der Waals surface area contributed by atoms with E-state index in [0.29, 0.717) is 17.3 Å². The second kappa shape index (κ2) is 5.48. The summed E-state index contributed by atoms with van der Waals surface area (Å²) in [5.41, 5.74) is 13.2. The highest BCUT2D eigenvalue weighted by atomic mass is 16.1. The van der Waals surface area contributed by atoms with Crippen molar-refractivity contribution in [2.45, 2.75) is 19.4 Å². The van der Waals surface area contributed by atoms with E-state index in [4.69, 9.17) is 11.5 Å². The smallest absolute Gasteiger partial charge is 0.250 e. The van der Waals surface area contributed by atoms with E-state index in [9.17, 15) is 4.79 Å². The predicted molar refractivity (Wildman–Crippen MR) is 78.3 cm³/mol.